The number of hydrogen-bond acceptors (Lipinski definition) is 5. The Labute approximate surface area is 169 Å². The van der Waals surface area contributed by atoms with Crippen molar-refractivity contribution in [1.82, 2.24) is 9.62 Å². The lowest BCUT2D eigenvalue weighted by Crippen LogP contribution is -2.45. The van der Waals surface area contributed by atoms with Crippen LogP contribution in [0.1, 0.15) is 12.8 Å². The molecule has 1 heterocycles. The van der Waals surface area contributed by atoms with Gasteiger partial charge in [-0.15, -0.1) is 0 Å². The van der Waals surface area contributed by atoms with Crippen LogP contribution in [0.2, 0.25) is 0 Å². The van der Waals surface area contributed by atoms with Crippen molar-refractivity contribution in [2.45, 2.75) is 23.8 Å². The molecule has 2 aromatic rings. The van der Waals surface area contributed by atoms with Crippen LogP contribution in [0.15, 0.2) is 59.5 Å². The molecule has 1 atom stereocenters. The van der Waals surface area contributed by atoms with Crippen molar-refractivity contribution in [3.63, 3.8) is 0 Å². The highest BCUT2D eigenvalue weighted by Gasteiger charge is 2.35. The fraction of sp³-hybridized carbons (Fsp3) is 0.300. The molecule has 2 aromatic carbocycles. The van der Waals surface area contributed by atoms with E-state index in [4.69, 9.17) is 4.74 Å². The third kappa shape index (κ3) is 4.93. The second-order valence-corrected chi connectivity index (χ2v) is 8.51. The number of benzene rings is 2. The van der Waals surface area contributed by atoms with Crippen LogP contribution in [0.4, 0.5) is 5.69 Å². The molecule has 29 heavy (non-hydrogen) atoms. The maximum atomic E-state index is 12.8. The number of anilines is 1. The number of methoxy groups -OCH3 is 1. The summed E-state index contributed by atoms with van der Waals surface area (Å²) in [6.45, 7) is 0.449. The van der Waals surface area contributed by atoms with Crippen molar-refractivity contribution >= 4 is 27.5 Å². The van der Waals surface area contributed by atoms with Gasteiger partial charge in [0.15, 0.2) is 0 Å². The van der Waals surface area contributed by atoms with Crippen molar-refractivity contribution in [2.75, 3.05) is 25.5 Å². The SMILES string of the molecule is COc1cccc(NC(=O)C(=O)NC[C@@H]2CCCN2S(=O)(=O)c2ccccc2)c1. The lowest BCUT2D eigenvalue weighted by atomic mass is 10.2. The van der Waals surface area contributed by atoms with Gasteiger partial charge in [0.25, 0.3) is 0 Å². The molecule has 154 valence electrons. The zero-order chi connectivity index (χ0) is 20.9. The molecule has 0 bridgehead atoms. The topological polar surface area (TPSA) is 105 Å². The Morgan fingerprint density at radius 3 is 2.59 bits per heavy atom. The highest BCUT2D eigenvalue weighted by atomic mass is 32.2. The molecule has 9 heteroatoms. The number of nitrogens with one attached hydrogen (secondary N) is 2. The molecular formula is C20H23N3O5S. The van der Waals surface area contributed by atoms with Gasteiger partial charge in [0.2, 0.25) is 10.0 Å². The van der Waals surface area contributed by atoms with Gasteiger partial charge in [0.1, 0.15) is 5.75 Å². The first-order valence-electron chi connectivity index (χ1n) is 9.22. The van der Waals surface area contributed by atoms with Gasteiger partial charge in [-0.1, -0.05) is 24.3 Å². The highest BCUT2D eigenvalue weighted by molar-refractivity contribution is 7.89. The third-order valence-electron chi connectivity index (χ3n) is 4.70. The number of nitrogens with zero attached hydrogens (tertiary/aromatic N) is 1. The van der Waals surface area contributed by atoms with Crippen LogP contribution in [0, 0.1) is 0 Å². The standard InChI is InChI=1S/C20H23N3O5S/c1-28-17-9-5-7-15(13-17)22-20(25)19(24)21-14-16-8-6-12-23(16)29(26,27)18-10-3-2-4-11-18/h2-5,7,9-11,13,16H,6,8,12,14H2,1H3,(H,21,24)(H,22,25)/t16-/m0/s1. The van der Waals surface area contributed by atoms with Gasteiger partial charge in [-0.25, -0.2) is 8.42 Å². The van der Waals surface area contributed by atoms with Crippen LogP contribution >= 0.6 is 0 Å². The molecule has 1 saturated heterocycles. The molecule has 8 nitrogen and oxygen atoms in total. The lowest BCUT2D eigenvalue weighted by molar-refractivity contribution is -0.136. The van der Waals surface area contributed by atoms with Crippen LogP contribution in [0.5, 0.6) is 5.75 Å². The van der Waals surface area contributed by atoms with E-state index in [0.29, 0.717) is 30.8 Å². The summed E-state index contributed by atoms with van der Waals surface area (Å²) < 4.78 is 32.2. The molecule has 0 saturated carbocycles. The largest absolute Gasteiger partial charge is 0.497 e. The lowest BCUT2D eigenvalue weighted by Gasteiger charge is -2.24. The average Bonchev–Trinajstić information content (AvgIpc) is 3.22. The Kier molecular flexibility index (Phi) is 6.50. The number of hydrogen-bond donors (Lipinski definition) is 2. The molecular weight excluding hydrogens is 394 g/mol. The van der Waals surface area contributed by atoms with Crippen LogP contribution in [0.25, 0.3) is 0 Å². The van der Waals surface area contributed by atoms with E-state index in [-0.39, 0.29) is 11.4 Å². The van der Waals surface area contributed by atoms with E-state index < -0.39 is 27.9 Å². The van der Waals surface area contributed by atoms with Gasteiger partial charge in [0, 0.05) is 30.9 Å². The first kappa shape index (κ1) is 20.8. The van der Waals surface area contributed by atoms with Crippen molar-refractivity contribution in [2.24, 2.45) is 0 Å². The van der Waals surface area contributed by atoms with Crippen LogP contribution in [-0.2, 0) is 19.6 Å². The van der Waals surface area contributed by atoms with Gasteiger partial charge in [-0.3, -0.25) is 9.59 Å². The summed E-state index contributed by atoms with van der Waals surface area (Å²) in [5.41, 5.74) is 0.429. The predicted octanol–water partition coefficient (Wildman–Crippen LogP) is 1.60. The smallest absolute Gasteiger partial charge is 0.313 e. The fourth-order valence-corrected chi connectivity index (χ4v) is 4.95. The number of sulfonamides is 1. The summed E-state index contributed by atoms with van der Waals surface area (Å²) in [5.74, 6) is -1.10. The second-order valence-electron chi connectivity index (χ2n) is 6.62. The van der Waals surface area contributed by atoms with E-state index in [1.165, 1.54) is 11.4 Å². The molecule has 0 radical (unpaired) electrons. The number of carbonyl (C=O) groups is 2. The van der Waals surface area contributed by atoms with Crippen LogP contribution in [0.3, 0.4) is 0 Å². The Hall–Kier alpha value is -2.91. The normalized spacial score (nSPS) is 16.9. The Balaban J connectivity index is 1.59. The summed E-state index contributed by atoms with van der Waals surface area (Å²) in [7, 11) is -2.14. The minimum Gasteiger partial charge on any atom is -0.497 e. The summed E-state index contributed by atoms with van der Waals surface area (Å²) in [4.78, 5) is 24.5. The van der Waals surface area contributed by atoms with E-state index in [1.54, 1.807) is 54.6 Å². The van der Waals surface area contributed by atoms with Crippen molar-refractivity contribution in [1.29, 1.82) is 0 Å². The van der Waals surface area contributed by atoms with E-state index in [2.05, 4.69) is 10.6 Å². The van der Waals surface area contributed by atoms with Crippen LogP contribution in [-0.4, -0.2) is 50.8 Å². The molecule has 1 aliphatic heterocycles. The molecule has 2 amide bonds. The van der Waals surface area contributed by atoms with Gasteiger partial charge in [-0.2, -0.15) is 4.31 Å². The molecule has 0 unspecified atom stereocenters. The number of rotatable bonds is 6. The van der Waals surface area contributed by atoms with E-state index in [0.717, 1.165) is 0 Å². The van der Waals surface area contributed by atoms with Crippen molar-refractivity contribution in [3.05, 3.63) is 54.6 Å². The number of ether oxygens (including phenoxy) is 1. The zero-order valence-corrected chi connectivity index (χ0v) is 16.8. The zero-order valence-electron chi connectivity index (χ0n) is 16.0. The maximum absolute atomic E-state index is 12.8. The van der Waals surface area contributed by atoms with Gasteiger partial charge < -0.3 is 15.4 Å². The van der Waals surface area contributed by atoms with E-state index in [9.17, 15) is 18.0 Å². The Morgan fingerprint density at radius 1 is 1.10 bits per heavy atom. The molecule has 2 N–H and O–H groups in total. The summed E-state index contributed by atoms with van der Waals surface area (Å²) in [6, 6.07) is 14.4. The number of amides is 2. The van der Waals surface area contributed by atoms with Gasteiger partial charge >= 0.3 is 11.8 Å². The summed E-state index contributed by atoms with van der Waals surface area (Å²) >= 11 is 0. The minimum absolute atomic E-state index is 0.0659. The highest BCUT2D eigenvalue weighted by Crippen LogP contribution is 2.25. The molecule has 0 spiro atoms. The predicted molar refractivity (Wildman–Crippen MR) is 108 cm³/mol. The molecule has 3 rings (SSSR count). The Bertz CT molecular complexity index is 979. The Morgan fingerprint density at radius 2 is 1.86 bits per heavy atom. The first-order valence-corrected chi connectivity index (χ1v) is 10.7. The summed E-state index contributed by atoms with van der Waals surface area (Å²) in [5, 5.41) is 5.03. The fourth-order valence-electron chi connectivity index (χ4n) is 3.24. The maximum Gasteiger partial charge on any atom is 0.313 e. The first-order chi connectivity index (χ1) is 13.9. The quantitative estimate of drug-likeness (QED) is 0.695. The van der Waals surface area contributed by atoms with E-state index >= 15 is 0 Å². The molecule has 1 fully saturated rings. The minimum atomic E-state index is -3.64. The third-order valence-corrected chi connectivity index (χ3v) is 6.67. The van der Waals surface area contributed by atoms with Gasteiger partial charge in [-0.05, 0) is 37.1 Å². The molecule has 0 aliphatic carbocycles. The molecule has 1 aliphatic rings. The summed E-state index contributed by atoms with van der Waals surface area (Å²) in [6.07, 6.45) is 1.31. The van der Waals surface area contributed by atoms with Crippen molar-refractivity contribution in [3.8, 4) is 5.75 Å². The second kappa shape index (κ2) is 9.06. The van der Waals surface area contributed by atoms with Gasteiger partial charge in [0.05, 0.1) is 12.0 Å². The average molecular weight is 417 g/mol. The number of carbonyl (C=O) groups excluding carboxylic acids is 2. The van der Waals surface area contributed by atoms with Crippen molar-refractivity contribution < 1.29 is 22.7 Å². The molecule has 0 aromatic heterocycles. The van der Waals surface area contributed by atoms with E-state index in [1.807, 2.05) is 0 Å². The monoisotopic (exact) mass is 417 g/mol. The van der Waals surface area contributed by atoms with Crippen LogP contribution < -0.4 is 15.4 Å².